The number of unbranched alkanes of at least 4 members (excludes halogenated alkanes) is 49. The van der Waals surface area contributed by atoms with E-state index in [1.54, 1.807) is 0 Å². The summed E-state index contributed by atoms with van der Waals surface area (Å²) in [6, 6.07) is -0.553. The van der Waals surface area contributed by atoms with Crippen molar-refractivity contribution in [1.29, 1.82) is 0 Å². The highest BCUT2D eigenvalue weighted by Gasteiger charge is 2.20. The average Bonchev–Trinajstić information content (AvgIpc) is 3.35. The van der Waals surface area contributed by atoms with Crippen molar-refractivity contribution in [1.82, 2.24) is 5.32 Å². The Bertz CT molecular complexity index is 990. The zero-order valence-corrected chi connectivity index (χ0v) is 47.1. The first-order chi connectivity index (χ1) is 34.0. The highest BCUT2D eigenvalue weighted by Crippen LogP contribution is 2.19. The van der Waals surface area contributed by atoms with Crippen LogP contribution in [0.3, 0.4) is 0 Å². The van der Waals surface area contributed by atoms with Gasteiger partial charge < -0.3 is 20.3 Å². The summed E-state index contributed by atoms with van der Waals surface area (Å²) in [7, 11) is 0. The number of hydrogen-bond acceptors (Lipinski definition) is 5. The number of carbonyl (C=O) groups excluding carboxylic acids is 2. The molecule has 6 nitrogen and oxygen atoms in total. The SMILES string of the molecule is CCCCCCCCCCCCCCCCCCCCCCCCCCCC(O)C(CO)NC(=O)CCCCCCCCCCCCCCOC(=O)CCCCCCCCCCCCCCCCC. The standard InChI is InChI=1S/C63H125NO5/c1-3-5-7-9-11-13-15-17-19-20-21-22-23-24-25-26-27-28-30-31-35-39-43-47-51-55-61(66)60(59-65)64-62(67)56-52-48-44-40-36-33-34-38-42-46-50-54-58-69-63(68)57-53-49-45-41-37-32-29-18-16-14-12-10-8-6-4-2/h60-61,65-66H,3-59H2,1-2H3,(H,64,67). The molecule has 412 valence electrons. The first kappa shape index (κ1) is 67.9. The molecule has 0 saturated heterocycles. The van der Waals surface area contributed by atoms with Crippen molar-refractivity contribution < 1.29 is 24.5 Å². The first-order valence-electron chi connectivity index (χ1n) is 31.8. The van der Waals surface area contributed by atoms with E-state index in [0.29, 0.717) is 25.9 Å². The normalized spacial score (nSPS) is 12.5. The number of ether oxygens (including phenoxy) is 1. The molecule has 0 aromatic carbocycles. The summed E-state index contributed by atoms with van der Waals surface area (Å²) in [5.41, 5.74) is 0. The molecule has 0 heterocycles. The smallest absolute Gasteiger partial charge is 0.305 e. The Morgan fingerprint density at radius 3 is 0.884 bits per heavy atom. The molecule has 0 aromatic rings. The molecule has 0 fully saturated rings. The van der Waals surface area contributed by atoms with Gasteiger partial charge in [0.05, 0.1) is 25.4 Å². The van der Waals surface area contributed by atoms with Crippen LogP contribution in [-0.4, -0.2) is 47.4 Å². The number of hydrogen-bond donors (Lipinski definition) is 3. The Kier molecular flexibility index (Phi) is 58.4. The van der Waals surface area contributed by atoms with Gasteiger partial charge in [-0.25, -0.2) is 0 Å². The average molecular weight is 977 g/mol. The molecular weight excluding hydrogens is 851 g/mol. The molecule has 3 N–H and O–H groups in total. The number of amides is 1. The quantitative estimate of drug-likeness (QED) is 0.0417. The fraction of sp³-hybridized carbons (Fsp3) is 0.968. The summed E-state index contributed by atoms with van der Waals surface area (Å²) in [6.45, 7) is 4.96. The van der Waals surface area contributed by atoms with E-state index in [2.05, 4.69) is 19.2 Å². The van der Waals surface area contributed by atoms with Gasteiger partial charge in [-0.3, -0.25) is 9.59 Å². The molecule has 6 heteroatoms. The van der Waals surface area contributed by atoms with Crippen LogP contribution in [0, 0.1) is 0 Å². The summed E-state index contributed by atoms with van der Waals surface area (Å²) in [5, 5.41) is 23.4. The Labute approximate surface area is 432 Å². The molecule has 0 spiro atoms. The van der Waals surface area contributed by atoms with E-state index in [0.717, 1.165) is 57.8 Å². The van der Waals surface area contributed by atoms with E-state index >= 15 is 0 Å². The summed E-state index contributed by atoms with van der Waals surface area (Å²) >= 11 is 0. The van der Waals surface area contributed by atoms with Crippen molar-refractivity contribution in [2.24, 2.45) is 0 Å². The number of nitrogens with one attached hydrogen (secondary N) is 1. The minimum Gasteiger partial charge on any atom is -0.466 e. The predicted octanol–water partition coefficient (Wildman–Crippen LogP) is 19.9. The number of aliphatic hydroxyl groups excluding tert-OH is 2. The molecule has 69 heavy (non-hydrogen) atoms. The summed E-state index contributed by atoms with van der Waals surface area (Å²) in [5.74, 6) is -0.0494. The van der Waals surface area contributed by atoms with Crippen LogP contribution >= 0.6 is 0 Å². The zero-order chi connectivity index (χ0) is 50.0. The second kappa shape index (κ2) is 59.4. The zero-order valence-electron chi connectivity index (χ0n) is 47.1. The van der Waals surface area contributed by atoms with E-state index in [9.17, 15) is 19.8 Å². The minimum absolute atomic E-state index is 0.00445. The molecule has 0 radical (unpaired) electrons. The van der Waals surface area contributed by atoms with Gasteiger partial charge in [0.2, 0.25) is 5.91 Å². The molecule has 0 aliphatic heterocycles. The molecule has 0 saturated carbocycles. The fourth-order valence-electron chi connectivity index (χ4n) is 10.3. The molecule has 0 bridgehead atoms. The number of carbonyl (C=O) groups is 2. The second-order valence-corrected chi connectivity index (χ2v) is 22.1. The van der Waals surface area contributed by atoms with E-state index < -0.39 is 12.1 Å². The highest BCUT2D eigenvalue weighted by molar-refractivity contribution is 5.76. The van der Waals surface area contributed by atoms with Crippen LogP contribution in [0.1, 0.15) is 367 Å². The molecule has 2 unspecified atom stereocenters. The molecule has 0 aliphatic rings. The van der Waals surface area contributed by atoms with Crippen molar-refractivity contribution in [3.05, 3.63) is 0 Å². The lowest BCUT2D eigenvalue weighted by Crippen LogP contribution is -2.45. The van der Waals surface area contributed by atoms with E-state index in [4.69, 9.17) is 4.74 Å². The van der Waals surface area contributed by atoms with Gasteiger partial charge in [0.1, 0.15) is 0 Å². The summed E-state index contributed by atoms with van der Waals surface area (Å²) in [6.07, 6.45) is 69.7. The molecule has 1 amide bonds. The lowest BCUT2D eigenvalue weighted by atomic mass is 10.0. The molecular formula is C63H125NO5. The van der Waals surface area contributed by atoms with Gasteiger partial charge in [-0.15, -0.1) is 0 Å². The summed E-state index contributed by atoms with van der Waals surface area (Å²) < 4.78 is 5.48. The predicted molar refractivity (Wildman–Crippen MR) is 301 cm³/mol. The molecule has 0 aromatic heterocycles. The Morgan fingerprint density at radius 1 is 0.348 bits per heavy atom. The first-order valence-corrected chi connectivity index (χ1v) is 31.8. The van der Waals surface area contributed by atoms with Gasteiger partial charge in [-0.1, -0.05) is 328 Å². The highest BCUT2D eigenvalue weighted by atomic mass is 16.5. The van der Waals surface area contributed by atoms with Crippen LogP contribution in [0.5, 0.6) is 0 Å². The lowest BCUT2D eigenvalue weighted by Gasteiger charge is -2.22. The van der Waals surface area contributed by atoms with Crippen LogP contribution in [0.25, 0.3) is 0 Å². The maximum Gasteiger partial charge on any atom is 0.305 e. The molecule has 2 atom stereocenters. The fourth-order valence-corrected chi connectivity index (χ4v) is 10.3. The number of aliphatic hydroxyl groups is 2. The summed E-state index contributed by atoms with van der Waals surface area (Å²) in [4.78, 5) is 24.6. The number of rotatable bonds is 60. The third kappa shape index (κ3) is 56.0. The van der Waals surface area contributed by atoms with Crippen LogP contribution in [-0.2, 0) is 14.3 Å². The maximum absolute atomic E-state index is 12.5. The van der Waals surface area contributed by atoms with Gasteiger partial charge in [0, 0.05) is 12.8 Å². The lowest BCUT2D eigenvalue weighted by molar-refractivity contribution is -0.143. The van der Waals surface area contributed by atoms with Crippen molar-refractivity contribution >= 4 is 11.9 Å². The minimum atomic E-state index is -0.675. The molecule has 0 aliphatic carbocycles. The second-order valence-electron chi connectivity index (χ2n) is 22.1. The Morgan fingerprint density at radius 2 is 0.594 bits per heavy atom. The van der Waals surface area contributed by atoms with Gasteiger partial charge in [-0.2, -0.15) is 0 Å². The van der Waals surface area contributed by atoms with Crippen LogP contribution in [0.4, 0.5) is 0 Å². The van der Waals surface area contributed by atoms with Crippen molar-refractivity contribution in [2.75, 3.05) is 13.2 Å². The Balaban J connectivity index is 3.42. The molecule has 0 rings (SSSR count). The van der Waals surface area contributed by atoms with Crippen molar-refractivity contribution in [3.8, 4) is 0 Å². The van der Waals surface area contributed by atoms with Crippen LogP contribution < -0.4 is 5.32 Å². The van der Waals surface area contributed by atoms with Crippen LogP contribution in [0.2, 0.25) is 0 Å². The monoisotopic (exact) mass is 976 g/mol. The third-order valence-corrected chi connectivity index (χ3v) is 15.2. The van der Waals surface area contributed by atoms with Crippen molar-refractivity contribution in [3.63, 3.8) is 0 Å². The third-order valence-electron chi connectivity index (χ3n) is 15.2. The maximum atomic E-state index is 12.5. The van der Waals surface area contributed by atoms with Crippen molar-refractivity contribution in [2.45, 2.75) is 379 Å². The van der Waals surface area contributed by atoms with E-state index in [-0.39, 0.29) is 18.5 Å². The number of esters is 1. The van der Waals surface area contributed by atoms with Gasteiger partial charge in [0.25, 0.3) is 0 Å². The van der Waals surface area contributed by atoms with Gasteiger partial charge in [0.15, 0.2) is 0 Å². The van der Waals surface area contributed by atoms with E-state index in [1.165, 1.54) is 276 Å². The van der Waals surface area contributed by atoms with Crippen LogP contribution in [0.15, 0.2) is 0 Å². The Hall–Kier alpha value is -1.14. The van der Waals surface area contributed by atoms with E-state index in [1.807, 2.05) is 0 Å². The largest absolute Gasteiger partial charge is 0.466 e. The topological polar surface area (TPSA) is 95.9 Å². The van der Waals surface area contributed by atoms with Gasteiger partial charge >= 0.3 is 5.97 Å². The van der Waals surface area contributed by atoms with Gasteiger partial charge in [-0.05, 0) is 25.7 Å².